The van der Waals surface area contributed by atoms with E-state index in [4.69, 9.17) is 26.2 Å². The van der Waals surface area contributed by atoms with Gasteiger partial charge in [0.2, 0.25) is 6.29 Å². The van der Waals surface area contributed by atoms with Gasteiger partial charge in [0.05, 0.1) is 12.1 Å². The Kier molecular flexibility index (Phi) is 3.57. The molecule has 1 aliphatic rings. The quantitative estimate of drug-likeness (QED) is 0.667. The number of ether oxygens (including phenoxy) is 2. The van der Waals surface area contributed by atoms with Gasteiger partial charge < -0.3 is 29.8 Å². The Morgan fingerprint density at radius 2 is 2.10 bits per heavy atom. The predicted molar refractivity (Wildman–Crippen MR) is 71.7 cm³/mol. The average Bonchev–Trinajstić information content (AvgIpc) is 2.95. The Hall–Kier alpha value is -1.31. The Labute approximate surface area is 119 Å². The summed E-state index contributed by atoms with van der Waals surface area (Å²) in [6.07, 6.45) is -2.66. The third-order valence-electron chi connectivity index (χ3n) is 3.35. The number of aromatic nitrogens is 1. The number of fused-ring (bicyclic) bond motifs is 1. The highest BCUT2D eigenvalue weighted by Crippen LogP contribution is 2.31. The Balaban J connectivity index is 1.83. The van der Waals surface area contributed by atoms with Crippen LogP contribution in [-0.4, -0.2) is 51.5 Å². The van der Waals surface area contributed by atoms with Gasteiger partial charge in [-0.3, -0.25) is 0 Å². The van der Waals surface area contributed by atoms with E-state index in [1.165, 1.54) is 0 Å². The number of benzene rings is 1. The van der Waals surface area contributed by atoms with Gasteiger partial charge in [-0.2, -0.15) is 0 Å². The summed E-state index contributed by atoms with van der Waals surface area (Å²) in [6, 6.07) is 5.26. The van der Waals surface area contributed by atoms with Gasteiger partial charge in [-0.05, 0) is 18.2 Å². The SMILES string of the molecule is OC[C@H]1O[C@@H](Oc2c[nH]c3cc(Cl)ccc23)[C@H](O)[C@@H]1O. The molecule has 0 saturated carbocycles. The van der Waals surface area contributed by atoms with Crippen LogP contribution in [0.3, 0.4) is 0 Å². The van der Waals surface area contributed by atoms with Crippen LogP contribution >= 0.6 is 11.6 Å². The molecule has 1 fully saturated rings. The third kappa shape index (κ3) is 2.25. The normalized spacial score (nSPS) is 30.0. The van der Waals surface area contributed by atoms with E-state index in [1.807, 2.05) is 0 Å². The summed E-state index contributed by atoms with van der Waals surface area (Å²) < 4.78 is 10.8. The standard InChI is InChI=1S/C13H14ClNO5/c14-6-1-2-7-8(3-6)15-4-9(7)19-13-12(18)11(17)10(5-16)20-13/h1-4,10-13,15-18H,5H2/t10-,11-,12-,13-/m1/s1. The zero-order valence-corrected chi connectivity index (χ0v) is 11.1. The molecule has 108 valence electrons. The van der Waals surface area contributed by atoms with Crippen LogP contribution in [0, 0.1) is 0 Å². The van der Waals surface area contributed by atoms with Gasteiger partial charge in [-0.25, -0.2) is 0 Å². The maximum absolute atomic E-state index is 9.83. The van der Waals surface area contributed by atoms with Crippen LogP contribution in [0.2, 0.25) is 5.02 Å². The van der Waals surface area contributed by atoms with Crippen LogP contribution in [0.15, 0.2) is 24.4 Å². The number of rotatable bonds is 3. The molecule has 2 aromatic rings. The average molecular weight is 300 g/mol. The number of H-pyrrole nitrogens is 1. The molecular weight excluding hydrogens is 286 g/mol. The van der Waals surface area contributed by atoms with Crippen molar-refractivity contribution in [3.8, 4) is 5.75 Å². The van der Waals surface area contributed by atoms with Crippen molar-refractivity contribution in [2.75, 3.05) is 6.61 Å². The number of nitrogens with one attached hydrogen (secondary N) is 1. The molecule has 0 bridgehead atoms. The maximum Gasteiger partial charge on any atom is 0.229 e. The first-order valence-corrected chi connectivity index (χ1v) is 6.53. The zero-order valence-electron chi connectivity index (χ0n) is 10.4. The highest BCUT2D eigenvalue weighted by Gasteiger charge is 2.44. The van der Waals surface area contributed by atoms with Gasteiger partial charge >= 0.3 is 0 Å². The molecule has 6 nitrogen and oxygen atoms in total. The monoisotopic (exact) mass is 299 g/mol. The van der Waals surface area contributed by atoms with E-state index in [9.17, 15) is 10.2 Å². The van der Waals surface area contributed by atoms with Gasteiger partial charge in [0.1, 0.15) is 24.1 Å². The Morgan fingerprint density at radius 1 is 1.30 bits per heavy atom. The van der Waals surface area contributed by atoms with Gasteiger partial charge in [0, 0.05) is 16.6 Å². The van der Waals surface area contributed by atoms with Crippen molar-refractivity contribution >= 4 is 22.5 Å². The molecule has 2 heterocycles. The van der Waals surface area contributed by atoms with Crippen molar-refractivity contribution in [1.82, 2.24) is 4.98 Å². The molecule has 20 heavy (non-hydrogen) atoms. The fourth-order valence-corrected chi connectivity index (χ4v) is 2.43. The van der Waals surface area contributed by atoms with Crippen LogP contribution in [0.5, 0.6) is 5.75 Å². The molecule has 0 unspecified atom stereocenters. The lowest BCUT2D eigenvalue weighted by molar-refractivity contribution is -0.115. The molecule has 4 N–H and O–H groups in total. The minimum absolute atomic E-state index is 0.387. The molecule has 1 saturated heterocycles. The summed E-state index contributed by atoms with van der Waals surface area (Å²) in [5.41, 5.74) is 0.791. The molecule has 0 amide bonds. The topological polar surface area (TPSA) is 94.9 Å². The van der Waals surface area contributed by atoms with E-state index < -0.39 is 24.6 Å². The molecule has 1 aromatic carbocycles. The molecule has 0 spiro atoms. The van der Waals surface area contributed by atoms with E-state index >= 15 is 0 Å². The van der Waals surface area contributed by atoms with Crippen molar-refractivity contribution in [1.29, 1.82) is 0 Å². The molecule has 4 atom stereocenters. The van der Waals surface area contributed by atoms with Gasteiger partial charge in [-0.15, -0.1) is 0 Å². The molecule has 0 radical (unpaired) electrons. The van der Waals surface area contributed by atoms with Crippen LogP contribution in [0.4, 0.5) is 0 Å². The van der Waals surface area contributed by atoms with Crippen molar-refractivity contribution in [3.05, 3.63) is 29.4 Å². The zero-order chi connectivity index (χ0) is 14.3. The molecular formula is C13H14ClNO5. The van der Waals surface area contributed by atoms with Crippen LogP contribution in [0.25, 0.3) is 10.9 Å². The lowest BCUT2D eigenvalue weighted by Gasteiger charge is -2.16. The highest BCUT2D eigenvalue weighted by molar-refractivity contribution is 6.31. The summed E-state index contributed by atoms with van der Waals surface area (Å²) in [6.45, 7) is -0.387. The first-order valence-electron chi connectivity index (χ1n) is 6.16. The highest BCUT2D eigenvalue weighted by atomic mass is 35.5. The van der Waals surface area contributed by atoms with Crippen LogP contribution in [0.1, 0.15) is 0 Å². The van der Waals surface area contributed by atoms with E-state index in [1.54, 1.807) is 24.4 Å². The number of hydrogen-bond donors (Lipinski definition) is 4. The smallest absolute Gasteiger partial charge is 0.229 e. The summed E-state index contributed by atoms with van der Waals surface area (Å²) in [4.78, 5) is 3.00. The van der Waals surface area contributed by atoms with E-state index in [0.29, 0.717) is 10.8 Å². The molecule has 0 aliphatic carbocycles. The number of aliphatic hydroxyl groups is 3. The minimum atomic E-state index is -1.22. The number of aromatic amines is 1. The Morgan fingerprint density at radius 3 is 2.80 bits per heavy atom. The number of hydrogen-bond acceptors (Lipinski definition) is 5. The first kappa shape index (κ1) is 13.7. The summed E-state index contributed by atoms with van der Waals surface area (Å²) in [5, 5.41) is 29.9. The molecule has 7 heteroatoms. The van der Waals surface area contributed by atoms with E-state index in [2.05, 4.69) is 4.98 Å². The fourth-order valence-electron chi connectivity index (χ4n) is 2.26. The van der Waals surface area contributed by atoms with Crippen molar-refractivity contribution in [2.45, 2.75) is 24.6 Å². The van der Waals surface area contributed by atoms with Crippen molar-refractivity contribution in [2.24, 2.45) is 0 Å². The summed E-state index contributed by atoms with van der Waals surface area (Å²) >= 11 is 5.89. The lowest BCUT2D eigenvalue weighted by atomic mass is 10.1. The van der Waals surface area contributed by atoms with Crippen molar-refractivity contribution < 1.29 is 24.8 Å². The van der Waals surface area contributed by atoms with E-state index in [0.717, 1.165) is 10.9 Å². The number of aliphatic hydroxyl groups excluding tert-OH is 3. The summed E-state index contributed by atoms with van der Waals surface area (Å²) in [5.74, 6) is 0.478. The van der Waals surface area contributed by atoms with Gasteiger partial charge in [-0.1, -0.05) is 11.6 Å². The number of halogens is 1. The lowest BCUT2D eigenvalue weighted by Crippen LogP contribution is -2.35. The Bertz CT molecular complexity index is 616. The van der Waals surface area contributed by atoms with Crippen LogP contribution in [-0.2, 0) is 4.74 Å². The molecule has 1 aromatic heterocycles. The van der Waals surface area contributed by atoms with Crippen LogP contribution < -0.4 is 4.74 Å². The van der Waals surface area contributed by atoms with Crippen molar-refractivity contribution in [3.63, 3.8) is 0 Å². The second kappa shape index (κ2) is 5.23. The van der Waals surface area contributed by atoms with Gasteiger partial charge in [0.25, 0.3) is 0 Å². The minimum Gasteiger partial charge on any atom is -0.460 e. The third-order valence-corrected chi connectivity index (χ3v) is 3.58. The van der Waals surface area contributed by atoms with Gasteiger partial charge in [0.15, 0.2) is 0 Å². The second-order valence-corrected chi connectivity index (χ2v) is 5.10. The fraction of sp³-hybridized carbons (Fsp3) is 0.385. The summed E-state index contributed by atoms with van der Waals surface area (Å²) in [7, 11) is 0. The van der Waals surface area contributed by atoms with E-state index in [-0.39, 0.29) is 6.61 Å². The predicted octanol–water partition coefficient (Wildman–Crippen LogP) is 0.639. The second-order valence-electron chi connectivity index (χ2n) is 4.67. The first-order chi connectivity index (χ1) is 9.60. The molecule has 1 aliphatic heterocycles. The molecule has 3 rings (SSSR count). The maximum atomic E-state index is 9.83. The largest absolute Gasteiger partial charge is 0.460 e.